The number of hydrogen-bond acceptors (Lipinski definition) is 4. The first-order valence-corrected chi connectivity index (χ1v) is 8.49. The molecule has 1 aromatic heterocycles. The van der Waals surface area contributed by atoms with Crippen LogP contribution in [0.15, 0.2) is 41.5 Å². The maximum Gasteiger partial charge on any atom is 0.157 e. The van der Waals surface area contributed by atoms with E-state index in [1.54, 1.807) is 11.3 Å². The molecule has 0 aliphatic carbocycles. The fourth-order valence-electron chi connectivity index (χ4n) is 2.15. The summed E-state index contributed by atoms with van der Waals surface area (Å²) < 4.78 is 0. The third-order valence-corrected chi connectivity index (χ3v) is 5.09. The van der Waals surface area contributed by atoms with E-state index in [-0.39, 0.29) is 0 Å². The van der Waals surface area contributed by atoms with Crippen molar-refractivity contribution < 1.29 is 0 Å². The predicted octanol–water partition coefficient (Wildman–Crippen LogP) is 3.26. The van der Waals surface area contributed by atoms with E-state index in [0.29, 0.717) is 12.6 Å². The highest BCUT2D eigenvalue weighted by atomic mass is 32.2. The SMILES string of the molecule is Cc1cnc(CN=C2NC(Cc3ccccc3)CS2)s1. The summed E-state index contributed by atoms with van der Waals surface area (Å²) in [7, 11) is 0. The van der Waals surface area contributed by atoms with Gasteiger partial charge in [0.25, 0.3) is 0 Å². The molecule has 0 bridgehead atoms. The average Bonchev–Trinajstić information content (AvgIpc) is 3.07. The van der Waals surface area contributed by atoms with Crippen molar-refractivity contribution in [3.63, 3.8) is 0 Å². The van der Waals surface area contributed by atoms with Gasteiger partial charge in [-0.3, -0.25) is 4.99 Å². The van der Waals surface area contributed by atoms with Gasteiger partial charge in [0, 0.05) is 22.9 Å². The van der Waals surface area contributed by atoms with Gasteiger partial charge in [-0.2, -0.15) is 0 Å². The van der Waals surface area contributed by atoms with Gasteiger partial charge in [-0.15, -0.1) is 11.3 Å². The zero-order chi connectivity index (χ0) is 13.8. The quantitative estimate of drug-likeness (QED) is 0.942. The zero-order valence-corrected chi connectivity index (χ0v) is 13.0. The first-order valence-electron chi connectivity index (χ1n) is 6.68. The van der Waals surface area contributed by atoms with Gasteiger partial charge in [-0.1, -0.05) is 42.1 Å². The molecular formula is C15H17N3S2. The van der Waals surface area contributed by atoms with Crippen LogP contribution in [0.3, 0.4) is 0 Å². The number of amidine groups is 1. The standard InChI is InChI=1S/C15H17N3S2/c1-11-8-16-14(20-11)9-17-15-18-13(10-19-15)7-12-5-3-2-4-6-12/h2-6,8,13H,7,9-10H2,1H3,(H,17,18). The predicted molar refractivity (Wildman–Crippen MR) is 87.5 cm³/mol. The molecule has 104 valence electrons. The molecule has 2 heterocycles. The van der Waals surface area contributed by atoms with Gasteiger partial charge in [0.05, 0.1) is 6.54 Å². The lowest BCUT2D eigenvalue weighted by molar-refractivity contribution is 0.686. The lowest BCUT2D eigenvalue weighted by atomic mass is 10.1. The van der Waals surface area contributed by atoms with E-state index in [1.807, 2.05) is 18.0 Å². The van der Waals surface area contributed by atoms with Crippen LogP contribution in [0.5, 0.6) is 0 Å². The molecule has 1 unspecified atom stereocenters. The van der Waals surface area contributed by atoms with Crippen LogP contribution in [-0.2, 0) is 13.0 Å². The van der Waals surface area contributed by atoms with Crippen LogP contribution in [0.2, 0.25) is 0 Å². The fraction of sp³-hybridized carbons (Fsp3) is 0.333. The van der Waals surface area contributed by atoms with Gasteiger partial charge in [0.15, 0.2) is 5.17 Å². The topological polar surface area (TPSA) is 37.3 Å². The molecule has 1 aliphatic rings. The Morgan fingerprint density at radius 2 is 2.20 bits per heavy atom. The highest BCUT2D eigenvalue weighted by Crippen LogP contribution is 2.19. The first-order chi connectivity index (χ1) is 9.79. The van der Waals surface area contributed by atoms with Crippen molar-refractivity contribution in [3.8, 4) is 0 Å². The Balaban J connectivity index is 1.54. The van der Waals surface area contributed by atoms with Crippen LogP contribution in [0.25, 0.3) is 0 Å². The van der Waals surface area contributed by atoms with Crippen molar-refractivity contribution in [2.45, 2.75) is 25.9 Å². The Morgan fingerprint density at radius 1 is 1.35 bits per heavy atom. The second kappa shape index (κ2) is 6.41. The first kappa shape index (κ1) is 13.6. The minimum Gasteiger partial charge on any atom is -0.361 e. The Morgan fingerprint density at radius 3 is 2.95 bits per heavy atom. The Bertz CT molecular complexity index is 592. The average molecular weight is 303 g/mol. The number of aromatic nitrogens is 1. The van der Waals surface area contributed by atoms with E-state index in [4.69, 9.17) is 0 Å². The van der Waals surface area contributed by atoms with Gasteiger partial charge in [-0.05, 0) is 18.9 Å². The van der Waals surface area contributed by atoms with Crippen LogP contribution in [0.1, 0.15) is 15.4 Å². The summed E-state index contributed by atoms with van der Waals surface area (Å²) in [4.78, 5) is 10.2. The van der Waals surface area contributed by atoms with Crippen LogP contribution in [0, 0.1) is 6.92 Å². The molecule has 2 aromatic rings. The monoisotopic (exact) mass is 303 g/mol. The summed E-state index contributed by atoms with van der Waals surface area (Å²) in [5.74, 6) is 1.09. The largest absolute Gasteiger partial charge is 0.361 e. The summed E-state index contributed by atoms with van der Waals surface area (Å²) in [5, 5.41) is 5.65. The summed E-state index contributed by atoms with van der Waals surface area (Å²) >= 11 is 3.53. The number of aliphatic imine (C=N–C) groups is 1. The molecule has 1 fully saturated rings. The fourth-order valence-corrected chi connectivity index (χ4v) is 3.83. The molecule has 1 aromatic carbocycles. The van der Waals surface area contributed by atoms with E-state index >= 15 is 0 Å². The Hall–Kier alpha value is -1.33. The minimum atomic E-state index is 0.485. The summed E-state index contributed by atoms with van der Waals surface area (Å²) in [6, 6.07) is 11.1. The molecule has 3 nitrogen and oxygen atoms in total. The molecule has 0 spiro atoms. The molecule has 0 saturated carbocycles. The van der Waals surface area contributed by atoms with Crippen molar-refractivity contribution >= 4 is 28.3 Å². The molecular weight excluding hydrogens is 286 g/mol. The van der Waals surface area contributed by atoms with Crippen LogP contribution in [0.4, 0.5) is 0 Å². The van der Waals surface area contributed by atoms with Crippen molar-refractivity contribution in [1.29, 1.82) is 0 Å². The molecule has 1 saturated heterocycles. The van der Waals surface area contributed by atoms with Crippen LogP contribution in [-0.4, -0.2) is 21.9 Å². The maximum atomic E-state index is 4.62. The Labute approximate surface area is 127 Å². The van der Waals surface area contributed by atoms with Crippen molar-refractivity contribution in [3.05, 3.63) is 52.0 Å². The number of thiazole rings is 1. The summed E-state index contributed by atoms with van der Waals surface area (Å²) in [5.41, 5.74) is 1.38. The summed E-state index contributed by atoms with van der Waals surface area (Å²) in [6.07, 6.45) is 2.97. The maximum absolute atomic E-state index is 4.62. The highest BCUT2D eigenvalue weighted by Gasteiger charge is 2.20. The van der Waals surface area contributed by atoms with Crippen molar-refractivity contribution in [2.24, 2.45) is 4.99 Å². The molecule has 1 atom stereocenters. The molecule has 0 radical (unpaired) electrons. The minimum absolute atomic E-state index is 0.485. The van der Waals surface area contributed by atoms with Crippen molar-refractivity contribution in [2.75, 3.05) is 5.75 Å². The normalized spacial score (nSPS) is 20.2. The van der Waals surface area contributed by atoms with E-state index in [9.17, 15) is 0 Å². The number of hydrogen-bond donors (Lipinski definition) is 1. The van der Waals surface area contributed by atoms with E-state index in [2.05, 4.69) is 52.5 Å². The summed E-state index contributed by atoms with van der Waals surface area (Å²) in [6.45, 7) is 2.76. The smallest absolute Gasteiger partial charge is 0.157 e. The number of nitrogens with one attached hydrogen (secondary N) is 1. The number of aryl methyl sites for hydroxylation is 1. The number of benzene rings is 1. The molecule has 1 N–H and O–H groups in total. The second-order valence-electron chi connectivity index (χ2n) is 4.83. The number of rotatable bonds is 4. The number of thioether (sulfide) groups is 1. The Kier molecular flexibility index (Phi) is 4.38. The van der Waals surface area contributed by atoms with Crippen molar-refractivity contribution in [1.82, 2.24) is 10.3 Å². The van der Waals surface area contributed by atoms with Gasteiger partial charge < -0.3 is 5.32 Å². The third-order valence-electron chi connectivity index (χ3n) is 3.10. The van der Waals surface area contributed by atoms with E-state index < -0.39 is 0 Å². The lowest BCUT2D eigenvalue weighted by Crippen LogP contribution is -2.29. The lowest BCUT2D eigenvalue weighted by Gasteiger charge is -2.09. The molecule has 0 amide bonds. The molecule has 1 aliphatic heterocycles. The van der Waals surface area contributed by atoms with Gasteiger partial charge in [0.2, 0.25) is 0 Å². The van der Waals surface area contributed by atoms with Crippen LogP contribution < -0.4 is 5.32 Å². The molecule has 20 heavy (non-hydrogen) atoms. The van der Waals surface area contributed by atoms with Gasteiger partial charge in [-0.25, -0.2) is 4.98 Å². The number of nitrogens with zero attached hydrogens (tertiary/aromatic N) is 2. The zero-order valence-electron chi connectivity index (χ0n) is 11.4. The van der Waals surface area contributed by atoms with E-state index in [0.717, 1.165) is 22.3 Å². The molecule has 5 heteroatoms. The second-order valence-corrected chi connectivity index (χ2v) is 7.16. The van der Waals surface area contributed by atoms with E-state index in [1.165, 1.54) is 10.4 Å². The van der Waals surface area contributed by atoms with Gasteiger partial charge >= 0.3 is 0 Å². The van der Waals surface area contributed by atoms with Crippen LogP contribution >= 0.6 is 23.1 Å². The molecule has 3 rings (SSSR count). The third kappa shape index (κ3) is 3.61. The highest BCUT2D eigenvalue weighted by molar-refractivity contribution is 8.14. The van der Waals surface area contributed by atoms with Gasteiger partial charge in [0.1, 0.15) is 5.01 Å².